The number of rotatable bonds is 6. The minimum atomic E-state index is -0.920. The Kier molecular flexibility index (Phi) is 5.98. The molecule has 5 rings (SSSR count). The van der Waals surface area contributed by atoms with Crippen LogP contribution in [-0.2, 0) is 16.6 Å². The van der Waals surface area contributed by atoms with Gasteiger partial charge < -0.3 is 15.2 Å². The highest BCUT2D eigenvalue weighted by atomic mass is 16.5. The van der Waals surface area contributed by atoms with E-state index in [1.54, 1.807) is 7.05 Å². The predicted octanol–water partition coefficient (Wildman–Crippen LogP) is 3.76. The highest BCUT2D eigenvalue weighted by Gasteiger charge is 2.35. The van der Waals surface area contributed by atoms with Gasteiger partial charge in [0, 0.05) is 19.0 Å². The minimum Gasteiger partial charge on any atom is -0.481 e. The Labute approximate surface area is 202 Å². The Balaban J connectivity index is 1.27. The van der Waals surface area contributed by atoms with Crippen molar-refractivity contribution in [2.24, 2.45) is 13.0 Å². The zero-order valence-corrected chi connectivity index (χ0v) is 19.2. The summed E-state index contributed by atoms with van der Waals surface area (Å²) < 4.78 is 6.96. The summed E-state index contributed by atoms with van der Waals surface area (Å²) in [6.07, 6.45) is 2.50. The topological polar surface area (TPSA) is 123 Å². The summed E-state index contributed by atoms with van der Waals surface area (Å²) in [5.41, 5.74) is 4.62. The number of benzene rings is 2. The van der Waals surface area contributed by atoms with Gasteiger partial charge in [0.1, 0.15) is 18.0 Å². The van der Waals surface area contributed by atoms with Crippen LogP contribution in [0, 0.1) is 5.92 Å². The number of nitrogens with one attached hydrogen (secondary N) is 2. The third kappa shape index (κ3) is 4.25. The van der Waals surface area contributed by atoms with Gasteiger partial charge in [-0.1, -0.05) is 55.0 Å². The van der Waals surface area contributed by atoms with Crippen LogP contribution < -0.4 is 10.6 Å². The van der Waals surface area contributed by atoms with E-state index >= 15 is 0 Å². The van der Waals surface area contributed by atoms with Crippen LogP contribution in [0.15, 0.2) is 54.7 Å². The lowest BCUT2D eigenvalue weighted by Gasteiger charge is -2.18. The van der Waals surface area contributed by atoms with Gasteiger partial charge in [-0.05, 0) is 35.1 Å². The Morgan fingerprint density at radius 2 is 1.71 bits per heavy atom. The second-order valence-corrected chi connectivity index (χ2v) is 8.94. The Morgan fingerprint density at radius 3 is 2.37 bits per heavy atom. The van der Waals surface area contributed by atoms with Gasteiger partial charge >= 0.3 is 12.1 Å². The normalized spacial score (nSPS) is 18.5. The van der Waals surface area contributed by atoms with Crippen LogP contribution in [0.25, 0.3) is 11.1 Å². The fraction of sp³-hybridized carbons (Fsp3) is 0.308. The van der Waals surface area contributed by atoms with Crippen molar-refractivity contribution in [1.29, 1.82) is 0 Å². The number of aromatic nitrogens is 2. The van der Waals surface area contributed by atoms with Gasteiger partial charge in [0.2, 0.25) is 0 Å². The molecule has 0 radical (unpaired) electrons. The number of carboxylic acid groups (broad SMARTS) is 1. The summed E-state index contributed by atoms with van der Waals surface area (Å²) in [5.74, 6) is -1.92. The molecule has 9 heteroatoms. The molecule has 1 saturated carbocycles. The van der Waals surface area contributed by atoms with E-state index in [1.165, 1.54) is 10.9 Å². The minimum absolute atomic E-state index is 0.0854. The maximum Gasteiger partial charge on any atom is 0.412 e. The first-order valence-electron chi connectivity index (χ1n) is 11.6. The van der Waals surface area contributed by atoms with Crippen molar-refractivity contribution in [2.45, 2.75) is 31.2 Å². The number of carbonyl (C=O) groups is 3. The number of amides is 2. The molecule has 3 aromatic rings. The molecule has 1 heterocycles. The summed E-state index contributed by atoms with van der Waals surface area (Å²) in [7, 11) is 1.60. The van der Waals surface area contributed by atoms with Crippen molar-refractivity contribution in [3.63, 3.8) is 0 Å². The summed E-state index contributed by atoms with van der Waals surface area (Å²) >= 11 is 0. The van der Waals surface area contributed by atoms with Crippen LogP contribution in [0.1, 0.15) is 46.7 Å². The zero-order chi connectivity index (χ0) is 24.5. The zero-order valence-electron chi connectivity index (χ0n) is 19.2. The van der Waals surface area contributed by atoms with Crippen molar-refractivity contribution in [3.05, 3.63) is 71.4 Å². The smallest absolute Gasteiger partial charge is 0.412 e. The molecule has 1 fully saturated rings. The molecular weight excluding hydrogens is 448 g/mol. The molecule has 0 spiro atoms. The predicted molar refractivity (Wildman–Crippen MR) is 128 cm³/mol. The monoisotopic (exact) mass is 474 g/mol. The van der Waals surface area contributed by atoms with E-state index in [-0.39, 0.29) is 23.9 Å². The van der Waals surface area contributed by atoms with E-state index in [2.05, 4.69) is 27.9 Å². The van der Waals surface area contributed by atoms with E-state index in [0.717, 1.165) is 28.7 Å². The molecule has 2 atom stereocenters. The molecule has 9 nitrogen and oxygen atoms in total. The van der Waals surface area contributed by atoms with E-state index in [1.807, 2.05) is 36.4 Å². The van der Waals surface area contributed by atoms with Crippen molar-refractivity contribution in [1.82, 2.24) is 15.1 Å². The van der Waals surface area contributed by atoms with Crippen LogP contribution in [0.3, 0.4) is 0 Å². The maximum absolute atomic E-state index is 12.9. The summed E-state index contributed by atoms with van der Waals surface area (Å²) in [4.78, 5) is 37.0. The third-order valence-corrected chi connectivity index (χ3v) is 6.90. The van der Waals surface area contributed by atoms with Gasteiger partial charge in [-0.25, -0.2) is 4.79 Å². The highest BCUT2D eigenvalue weighted by molar-refractivity contribution is 6.02. The quantitative estimate of drug-likeness (QED) is 0.500. The SMILES string of the molecule is Cn1ncc(C(=O)N[C@@H]2CCC[C@@H]2C(=O)O)c1NC(=O)OCC1c2ccccc2-c2ccccc21. The Hall–Kier alpha value is -4.14. The molecule has 3 N–H and O–H groups in total. The first kappa shape index (κ1) is 22.6. The van der Waals surface area contributed by atoms with Gasteiger partial charge in [0.05, 0.1) is 12.1 Å². The summed E-state index contributed by atoms with van der Waals surface area (Å²) in [6.45, 7) is 0.140. The molecule has 2 aliphatic carbocycles. The number of anilines is 1. The fourth-order valence-electron chi connectivity index (χ4n) is 5.16. The Morgan fingerprint density at radius 1 is 1.06 bits per heavy atom. The van der Waals surface area contributed by atoms with Crippen molar-refractivity contribution in [3.8, 4) is 11.1 Å². The molecule has 2 aromatic carbocycles. The van der Waals surface area contributed by atoms with E-state index in [0.29, 0.717) is 12.8 Å². The second kappa shape index (κ2) is 9.25. The van der Waals surface area contributed by atoms with Crippen molar-refractivity contribution >= 4 is 23.8 Å². The fourth-order valence-corrected chi connectivity index (χ4v) is 5.16. The van der Waals surface area contributed by atoms with Crippen LogP contribution in [-0.4, -0.2) is 45.5 Å². The standard InChI is InChI=1S/C26H26N4O5/c1-30-23(20(13-27-30)24(31)28-22-12-6-11-19(22)25(32)33)29-26(34)35-14-21-17-9-4-2-7-15(17)16-8-3-5-10-18(16)21/h2-5,7-10,13,19,21-22H,6,11-12,14H2,1H3,(H,28,31)(H,29,34)(H,32,33)/t19-,22+/m0/s1. The number of hydrogen-bond acceptors (Lipinski definition) is 5. The molecule has 0 unspecified atom stereocenters. The number of aliphatic carboxylic acids is 1. The van der Waals surface area contributed by atoms with E-state index < -0.39 is 29.9 Å². The average Bonchev–Trinajstić information content (AvgIpc) is 3.54. The van der Waals surface area contributed by atoms with E-state index in [9.17, 15) is 19.5 Å². The molecule has 0 aliphatic heterocycles. The van der Waals surface area contributed by atoms with Crippen molar-refractivity contribution < 1.29 is 24.2 Å². The molecule has 180 valence electrons. The molecule has 2 amide bonds. The molecule has 35 heavy (non-hydrogen) atoms. The third-order valence-electron chi connectivity index (χ3n) is 6.90. The first-order valence-corrected chi connectivity index (χ1v) is 11.6. The van der Waals surface area contributed by atoms with Crippen LogP contribution in [0.4, 0.5) is 10.6 Å². The number of hydrogen-bond donors (Lipinski definition) is 3. The van der Waals surface area contributed by atoms with Gasteiger partial charge in [0.15, 0.2) is 0 Å². The number of ether oxygens (including phenoxy) is 1. The van der Waals surface area contributed by atoms with Crippen LogP contribution in [0.5, 0.6) is 0 Å². The van der Waals surface area contributed by atoms with Crippen molar-refractivity contribution in [2.75, 3.05) is 11.9 Å². The van der Waals surface area contributed by atoms with Gasteiger partial charge in [-0.3, -0.25) is 19.6 Å². The van der Waals surface area contributed by atoms with Gasteiger partial charge in [0.25, 0.3) is 5.91 Å². The maximum atomic E-state index is 12.9. The first-order chi connectivity index (χ1) is 16.9. The highest BCUT2D eigenvalue weighted by Crippen LogP contribution is 2.44. The molecule has 0 saturated heterocycles. The second-order valence-electron chi connectivity index (χ2n) is 8.94. The van der Waals surface area contributed by atoms with Gasteiger partial charge in [-0.15, -0.1) is 0 Å². The average molecular weight is 475 g/mol. The summed E-state index contributed by atoms with van der Waals surface area (Å²) in [5, 5.41) is 18.9. The molecule has 2 aliphatic rings. The number of nitrogens with zero attached hydrogens (tertiary/aromatic N) is 2. The number of fused-ring (bicyclic) bond motifs is 3. The largest absolute Gasteiger partial charge is 0.481 e. The van der Waals surface area contributed by atoms with Crippen LogP contribution >= 0.6 is 0 Å². The number of carbonyl (C=O) groups excluding carboxylic acids is 2. The number of aryl methyl sites for hydroxylation is 1. The summed E-state index contributed by atoms with van der Waals surface area (Å²) in [6, 6.07) is 15.7. The molecular formula is C26H26N4O5. The van der Waals surface area contributed by atoms with Gasteiger partial charge in [-0.2, -0.15) is 5.10 Å². The molecule has 1 aromatic heterocycles. The van der Waals surface area contributed by atoms with E-state index in [4.69, 9.17) is 4.74 Å². The van der Waals surface area contributed by atoms with Crippen LogP contribution in [0.2, 0.25) is 0 Å². The lowest BCUT2D eigenvalue weighted by atomic mass is 9.98. The number of carboxylic acids is 1. The molecule has 0 bridgehead atoms. The lowest BCUT2D eigenvalue weighted by Crippen LogP contribution is -2.40. The lowest BCUT2D eigenvalue weighted by molar-refractivity contribution is -0.142. The Bertz CT molecular complexity index is 1250.